The first-order valence-corrected chi connectivity index (χ1v) is 16.5. The maximum Gasteiger partial charge on any atom is 0.408 e. The molecule has 1 aromatic carbocycles. The van der Waals surface area contributed by atoms with Crippen LogP contribution >= 0.6 is 0 Å². The summed E-state index contributed by atoms with van der Waals surface area (Å²) >= 11 is 0. The zero-order valence-electron chi connectivity index (χ0n) is 27.1. The average Bonchev–Trinajstić information content (AvgIpc) is 3.55. The summed E-state index contributed by atoms with van der Waals surface area (Å²) in [6, 6.07) is 2.97. The maximum atomic E-state index is 16.5. The number of nitrogens with one attached hydrogen (secondary N) is 1. The highest BCUT2D eigenvalue weighted by molar-refractivity contribution is 5.89. The van der Waals surface area contributed by atoms with Crippen LogP contribution in [0.25, 0.3) is 11.0 Å². The number of halogens is 2. The summed E-state index contributed by atoms with van der Waals surface area (Å²) < 4.78 is 50.5. The van der Waals surface area contributed by atoms with Crippen LogP contribution in [0.2, 0.25) is 0 Å². The fraction of sp³-hybridized carbons (Fsp3) is 0.676. The van der Waals surface area contributed by atoms with Gasteiger partial charge < -0.3 is 29.2 Å². The van der Waals surface area contributed by atoms with Crippen LogP contribution in [-0.4, -0.2) is 71.1 Å². The number of methoxy groups -OCH3 is 1. The van der Waals surface area contributed by atoms with Gasteiger partial charge in [0.25, 0.3) is 5.92 Å². The van der Waals surface area contributed by atoms with E-state index in [0.717, 1.165) is 12.8 Å². The summed E-state index contributed by atoms with van der Waals surface area (Å²) in [7, 11) is 1.50. The molecular formula is C34H44F2N4O6. The SMILES string of the molecule is CC[C@@H]1[C@@H]2CN(C(=O)[C@H](C(C)(C)C)NC(=O)O[C@@H]3CCC[C@H]3CCC3CC3C(F)(F)c3nc4ccc(OC)cc4nc3O2)[C@@H]1C=O. The molecule has 12 heteroatoms. The lowest BCUT2D eigenvalue weighted by molar-refractivity contribution is -0.139. The number of alkyl carbamates (subject to hydrolysis) is 1. The minimum Gasteiger partial charge on any atom is -0.497 e. The van der Waals surface area contributed by atoms with Crippen LogP contribution in [0.15, 0.2) is 18.2 Å². The van der Waals surface area contributed by atoms with E-state index >= 15 is 8.78 Å². The number of hydrogen-bond donors (Lipinski definition) is 1. The van der Waals surface area contributed by atoms with E-state index in [1.54, 1.807) is 18.2 Å². The Bertz CT molecular complexity index is 1500. The fourth-order valence-electron chi connectivity index (χ4n) is 7.74. The van der Waals surface area contributed by atoms with Gasteiger partial charge in [-0.3, -0.25) is 4.79 Å². The van der Waals surface area contributed by atoms with Gasteiger partial charge in [-0.25, -0.2) is 14.8 Å². The molecule has 3 heterocycles. The van der Waals surface area contributed by atoms with Crippen LogP contribution in [0.4, 0.5) is 13.6 Å². The first kappa shape index (κ1) is 32.4. The van der Waals surface area contributed by atoms with Crippen molar-refractivity contribution in [1.82, 2.24) is 20.2 Å². The van der Waals surface area contributed by atoms with Gasteiger partial charge in [0, 0.05) is 17.9 Å². The number of aldehydes is 1. The predicted molar refractivity (Wildman–Crippen MR) is 165 cm³/mol. The molecule has 3 fully saturated rings. The second-order valence-corrected chi connectivity index (χ2v) is 14.5. The third-order valence-corrected chi connectivity index (χ3v) is 10.5. The number of ether oxygens (including phenoxy) is 3. The lowest BCUT2D eigenvalue weighted by atomic mass is 9.85. The largest absolute Gasteiger partial charge is 0.497 e. The minimum atomic E-state index is -3.32. The number of fused-ring (bicyclic) bond motifs is 6. The molecule has 0 radical (unpaired) electrons. The fourth-order valence-corrected chi connectivity index (χ4v) is 7.74. The Hall–Kier alpha value is -3.57. The van der Waals surface area contributed by atoms with Gasteiger partial charge in [-0.2, -0.15) is 8.78 Å². The van der Waals surface area contributed by atoms with Gasteiger partial charge in [0.05, 0.1) is 30.7 Å². The minimum absolute atomic E-state index is 0.0519. The summed E-state index contributed by atoms with van der Waals surface area (Å²) in [6.45, 7) is 7.30. The molecule has 1 aromatic heterocycles. The number of amides is 2. The summed E-state index contributed by atoms with van der Waals surface area (Å²) in [5.41, 5.74) is -0.628. The van der Waals surface area contributed by atoms with E-state index in [4.69, 9.17) is 14.2 Å². The molecule has 0 spiro atoms. The van der Waals surface area contributed by atoms with Gasteiger partial charge >= 0.3 is 6.09 Å². The summed E-state index contributed by atoms with van der Waals surface area (Å²) in [5.74, 6) is -5.18. The van der Waals surface area contributed by atoms with Gasteiger partial charge in [0.1, 0.15) is 30.3 Å². The van der Waals surface area contributed by atoms with Crippen LogP contribution in [-0.2, 0) is 20.2 Å². The molecule has 10 nitrogen and oxygen atoms in total. The zero-order valence-corrected chi connectivity index (χ0v) is 27.1. The molecule has 1 N–H and O–H groups in total. The Morgan fingerprint density at radius 2 is 1.83 bits per heavy atom. The van der Waals surface area contributed by atoms with E-state index < -0.39 is 59.1 Å². The number of carbonyl (C=O) groups excluding carboxylic acids is 3. The molecule has 2 aliphatic carbocycles. The van der Waals surface area contributed by atoms with Crippen LogP contribution in [0.3, 0.4) is 0 Å². The van der Waals surface area contributed by atoms with Crippen LogP contribution in [0.1, 0.15) is 78.3 Å². The molecule has 46 heavy (non-hydrogen) atoms. The first-order chi connectivity index (χ1) is 21.8. The quantitative estimate of drug-likeness (QED) is 0.427. The van der Waals surface area contributed by atoms with Gasteiger partial charge in [0.15, 0.2) is 5.69 Å². The van der Waals surface area contributed by atoms with Crippen molar-refractivity contribution in [3.8, 4) is 11.6 Å². The molecular weight excluding hydrogens is 598 g/mol. The standard InChI is InChI=1S/C34H44F2N4O6/c1-6-21-25(17-41)40-16-27(21)45-30-28(37-23-13-12-20(44-5)15-24(23)38-30)34(35,36)22-14-19(22)11-10-18-8-7-9-26(18)46-32(43)39-29(31(40)42)33(2,3)4/h12-13,15,17-19,21-22,25-27,29H,6-11,14,16H2,1-5H3,(H,39,43)/t18-,19?,21-,22?,25+,26+,27-,29+/m0/s1. The number of carbonyl (C=O) groups is 3. The van der Waals surface area contributed by atoms with Crippen LogP contribution in [0.5, 0.6) is 11.6 Å². The smallest absolute Gasteiger partial charge is 0.408 e. The Labute approximate surface area is 267 Å². The number of aromatic nitrogens is 2. The van der Waals surface area contributed by atoms with Crippen molar-refractivity contribution in [1.29, 1.82) is 0 Å². The number of benzene rings is 1. The topological polar surface area (TPSA) is 120 Å². The summed E-state index contributed by atoms with van der Waals surface area (Å²) in [5, 5.41) is 2.82. The van der Waals surface area contributed by atoms with Crippen molar-refractivity contribution in [3.05, 3.63) is 23.9 Å². The second kappa shape index (κ2) is 12.2. The van der Waals surface area contributed by atoms with E-state index in [1.165, 1.54) is 12.0 Å². The van der Waals surface area contributed by atoms with Gasteiger partial charge in [-0.05, 0) is 74.3 Å². The van der Waals surface area contributed by atoms with Gasteiger partial charge in [0.2, 0.25) is 11.8 Å². The third-order valence-electron chi connectivity index (χ3n) is 10.5. The van der Waals surface area contributed by atoms with Gasteiger partial charge in [-0.15, -0.1) is 0 Å². The predicted octanol–water partition coefficient (Wildman–Crippen LogP) is 5.65. The molecule has 2 saturated carbocycles. The molecule has 250 valence electrons. The molecule has 2 aromatic rings. The van der Waals surface area contributed by atoms with Crippen molar-refractivity contribution >= 4 is 29.3 Å². The normalized spacial score (nSPS) is 33.0. The van der Waals surface area contributed by atoms with Crippen molar-refractivity contribution in [3.63, 3.8) is 0 Å². The summed E-state index contributed by atoms with van der Waals surface area (Å²) in [4.78, 5) is 50.3. The van der Waals surface area contributed by atoms with E-state index in [9.17, 15) is 14.4 Å². The molecule has 8 atom stereocenters. The van der Waals surface area contributed by atoms with Crippen LogP contribution < -0.4 is 14.8 Å². The van der Waals surface area contributed by atoms with Crippen molar-refractivity contribution < 1.29 is 37.4 Å². The van der Waals surface area contributed by atoms with E-state index in [2.05, 4.69) is 15.3 Å². The maximum absolute atomic E-state index is 16.5. The summed E-state index contributed by atoms with van der Waals surface area (Å²) in [6.07, 6.45) is 3.28. The Morgan fingerprint density at radius 1 is 1.07 bits per heavy atom. The molecule has 4 aliphatic rings. The zero-order chi connectivity index (χ0) is 33.0. The molecule has 6 rings (SSSR count). The number of nitrogens with zero attached hydrogens (tertiary/aromatic N) is 3. The highest BCUT2D eigenvalue weighted by Crippen LogP contribution is 2.58. The molecule has 2 amide bonds. The van der Waals surface area contributed by atoms with Crippen molar-refractivity contribution in [2.75, 3.05) is 13.7 Å². The highest BCUT2D eigenvalue weighted by Gasteiger charge is 2.58. The monoisotopic (exact) mass is 642 g/mol. The molecule has 2 bridgehead atoms. The first-order valence-electron chi connectivity index (χ1n) is 16.5. The van der Waals surface area contributed by atoms with Crippen molar-refractivity contribution in [2.24, 2.45) is 29.1 Å². The number of alkyl halides is 2. The van der Waals surface area contributed by atoms with E-state index in [-0.39, 0.29) is 35.9 Å². The van der Waals surface area contributed by atoms with Gasteiger partial charge in [-0.1, -0.05) is 27.7 Å². The number of hydrogen-bond acceptors (Lipinski definition) is 8. The second-order valence-electron chi connectivity index (χ2n) is 14.5. The van der Waals surface area contributed by atoms with E-state index in [0.29, 0.717) is 49.7 Å². The molecule has 1 saturated heterocycles. The molecule has 2 aliphatic heterocycles. The Balaban J connectivity index is 1.43. The lowest BCUT2D eigenvalue weighted by Crippen LogP contribution is -2.56. The third kappa shape index (κ3) is 5.99. The Morgan fingerprint density at radius 3 is 2.52 bits per heavy atom. The number of rotatable bonds is 3. The molecule has 2 unspecified atom stereocenters. The highest BCUT2D eigenvalue weighted by atomic mass is 19.3. The van der Waals surface area contributed by atoms with Crippen LogP contribution in [0, 0.1) is 29.1 Å². The van der Waals surface area contributed by atoms with E-state index in [1.807, 2.05) is 27.7 Å². The Kier molecular flexibility index (Phi) is 8.60. The average molecular weight is 643 g/mol. The van der Waals surface area contributed by atoms with Crippen molar-refractivity contribution in [2.45, 2.75) is 103 Å². The lowest BCUT2D eigenvalue weighted by Gasteiger charge is -2.35.